The monoisotopic (exact) mass is 391 g/mol. The zero-order valence-corrected chi connectivity index (χ0v) is 16.1. The molecule has 0 N–H and O–H groups in total. The molecule has 0 aromatic heterocycles. The molecule has 29 heavy (non-hydrogen) atoms. The summed E-state index contributed by atoms with van der Waals surface area (Å²) in [7, 11) is 0. The second-order valence-corrected chi connectivity index (χ2v) is 7.50. The van der Waals surface area contributed by atoms with Crippen molar-refractivity contribution in [2.24, 2.45) is 5.92 Å². The molecule has 4 rings (SSSR count). The number of para-hydroxylation sites is 1. The summed E-state index contributed by atoms with van der Waals surface area (Å²) in [6.45, 7) is 3.54. The molecule has 148 valence electrons. The smallest absolute Gasteiger partial charge is 0.282 e. The van der Waals surface area contributed by atoms with Crippen molar-refractivity contribution >= 4 is 28.8 Å². The topological polar surface area (TPSA) is 83.8 Å². The van der Waals surface area contributed by atoms with E-state index in [1.54, 1.807) is 36.4 Å². The molecule has 2 heterocycles. The number of likely N-dealkylation sites (tertiary alicyclic amines) is 1. The zero-order valence-electron chi connectivity index (χ0n) is 16.1. The Hall–Kier alpha value is -3.48. The number of imide groups is 1. The number of nitro benzene ring substituents is 1. The number of anilines is 1. The molecule has 1 atom stereocenters. The quantitative estimate of drug-likeness (QED) is 0.452. The highest BCUT2D eigenvalue weighted by molar-refractivity contribution is 6.45. The van der Waals surface area contributed by atoms with E-state index in [0.29, 0.717) is 41.5 Å². The summed E-state index contributed by atoms with van der Waals surface area (Å²) in [6.07, 6.45) is 2.03. The van der Waals surface area contributed by atoms with Gasteiger partial charge in [-0.1, -0.05) is 25.1 Å². The van der Waals surface area contributed by atoms with Crippen LogP contribution in [0.2, 0.25) is 0 Å². The van der Waals surface area contributed by atoms with Gasteiger partial charge in [0.1, 0.15) is 5.70 Å². The Balaban J connectivity index is 1.82. The molecule has 0 spiro atoms. The molecular formula is C22H21N3O4. The van der Waals surface area contributed by atoms with Gasteiger partial charge in [0.05, 0.1) is 16.2 Å². The van der Waals surface area contributed by atoms with Gasteiger partial charge in [-0.05, 0) is 48.6 Å². The maximum absolute atomic E-state index is 13.4. The second-order valence-electron chi connectivity index (χ2n) is 7.50. The fraction of sp³-hybridized carbons (Fsp3) is 0.273. The summed E-state index contributed by atoms with van der Waals surface area (Å²) in [6, 6.07) is 14.7. The summed E-state index contributed by atoms with van der Waals surface area (Å²) in [5, 5.41) is 11.0. The van der Waals surface area contributed by atoms with Gasteiger partial charge < -0.3 is 4.90 Å². The lowest BCUT2D eigenvalue weighted by atomic mass is 9.97. The Kier molecular flexibility index (Phi) is 4.88. The summed E-state index contributed by atoms with van der Waals surface area (Å²) in [5.74, 6) is -0.324. The van der Waals surface area contributed by atoms with Gasteiger partial charge in [0, 0.05) is 25.2 Å². The van der Waals surface area contributed by atoms with E-state index in [2.05, 4.69) is 6.92 Å². The third-order valence-electron chi connectivity index (χ3n) is 5.41. The second kappa shape index (κ2) is 7.50. The number of carbonyl (C=O) groups is 2. The van der Waals surface area contributed by atoms with Crippen molar-refractivity contribution in [2.45, 2.75) is 19.8 Å². The van der Waals surface area contributed by atoms with E-state index in [1.165, 1.54) is 17.0 Å². The number of benzene rings is 2. The Morgan fingerprint density at radius 1 is 1.00 bits per heavy atom. The molecule has 1 saturated heterocycles. The first kappa shape index (κ1) is 18.9. The molecule has 2 aliphatic heterocycles. The van der Waals surface area contributed by atoms with Crippen molar-refractivity contribution in [3.05, 3.63) is 76.0 Å². The van der Waals surface area contributed by atoms with Crippen LogP contribution < -0.4 is 4.90 Å². The molecule has 1 unspecified atom stereocenters. The normalized spacial score (nSPS) is 19.8. The molecule has 2 aromatic rings. The molecule has 1 fully saturated rings. The van der Waals surface area contributed by atoms with Crippen molar-refractivity contribution in [3.8, 4) is 0 Å². The Morgan fingerprint density at radius 3 is 2.31 bits per heavy atom. The van der Waals surface area contributed by atoms with Crippen molar-refractivity contribution < 1.29 is 14.5 Å². The fourth-order valence-corrected chi connectivity index (χ4v) is 4.03. The van der Waals surface area contributed by atoms with Crippen LogP contribution >= 0.6 is 0 Å². The third-order valence-corrected chi connectivity index (χ3v) is 5.41. The van der Waals surface area contributed by atoms with Gasteiger partial charge in [-0.15, -0.1) is 0 Å². The highest BCUT2D eigenvalue weighted by atomic mass is 16.6. The first-order valence-corrected chi connectivity index (χ1v) is 9.65. The largest absolute Gasteiger partial charge is 0.366 e. The van der Waals surface area contributed by atoms with E-state index in [-0.39, 0.29) is 11.6 Å². The zero-order chi connectivity index (χ0) is 20.5. The predicted molar refractivity (Wildman–Crippen MR) is 109 cm³/mol. The van der Waals surface area contributed by atoms with E-state index in [4.69, 9.17) is 0 Å². The molecule has 0 aliphatic carbocycles. The Labute approximate surface area is 168 Å². The lowest BCUT2D eigenvalue weighted by Crippen LogP contribution is -2.39. The van der Waals surface area contributed by atoms with Crippen LogP contribution in [0.3, 0.4) is 0 Å². The van der Waals surface area contributed by atoms with Crippen molar-refractivity contribution in [2.75, 3.05) is 18.0 Å². The van der Waals surface area contributed by atoms with Crippen LogP contribution in [0.5, 0.6) is 0 Å². The molecule has 2 amide bonds. The van der Waals surface area contributed by atoms with Crippen molar-refractivity contribution in [3.63, 3.8) is 0 Å². The maximum atomic E-state index is 13.4. The van der Waals surface area contributed by atoms with Gasteiger partial charge in [0.2, 0.25) is 0 Å². The molecule has 7 nitrogen and oxygen atoms in total. The van der Waals surface area contributed by atoms with E-state index in [1.807, 2.05) is 11.0 Å². The molecule has 2 aliphatic rings. The van der Waals surface area contributed by atoms with Gasteiger partial charge in [-0.3, -0.25) is 19.7 Å². The van der Waals surface area contributed by atoms with Crippen LogP contribution in [-0.4, -0.2) is 34.7 Å². The average molecular weight is 391 g/mol. The molecule has 2 aromatic carbocycles. The first-order chi connectivity index (χ1) is 14.0. The SMILES string of the molecule is CC1CCCN(C2=C(c3ccc([N+](=O)[O-])cc3)C(=O)N(c3ccccc3)C2=O)C1. The minimum Gasteiger partial charge on any atom is -0.366 e. The Bertz CT molecular complexity index is 998. The van der Waals surface area contributed by atoms with E-state index >= 15 is 0 Å². The fourth-order valence-electron chi connectivity index (χ4n) is 4.03. The highest BCUT2D eigenvalue weighted by Crippen LogP contribution is 2.36. The number of nitrogens with zero attached hydrogens (tertiary/aromatic N) is 3. The number of piperidine rings is 1. The van der Waals surface area contributed by atoms with E-state index < -0.39 is 10.8 Å². The number of hydrogen-bond donors (Lipinski definition) is 0. The highest BCUT2D eigenvalue weighted by Gasteiger charge is 2.43. The minimum absolute atomic E-state index is 0.0563. The summed E-state index contributed by atoms with van der Waals surface area (Å²) in [4.78, 5) is 40.4. The molecular weight excluding hydrogens is 370 g/mol. The number of amides is 2. The number of nitro groups is 1. The molecule has 0 saturated carbocycles. The van der Waals surface area contributed by atoms with E-state index in [9.17, 15) is 19.7 Å². The Morgan fingerprint density at radius 2 is 1.69 bits per heavy atom. The summed E-state index contributed by atoms with van der Waals surface area (Å²) < 4.78 is 0. The van der Waals surface area contributed by atoms with Gasteiger partial charge in [0.25, 0.3) is 17.5 Å². The lowest BCUT2D eigenvalue weighted by Gasteiger charge is -2.33. The van der Waals surface area contributed by atoms with Crippen molar-refractivity contribution in [1.29, 1.82) is 0 Å². The first-order valence-electron chi connectivity index (χ1n) is 9.65. The number of hydrogen-bond acceptors (Lipinski definition) is 5. The van der Waals surface area contributed by atoms with Crippen molar-refractivity contribution in [1.82, 2.24) is 4.90 Å². The lowest BCUT2D eigenvalue weighted by molar-refractivity contribution is -0.384. The van der Waals surface area contributed by atoms with Crippen LogP contribution in [0.25, 0.3) is 5.57 Å². The third kappa shape index (κ3) is 3.40. The van der Waals surface area contributed by atoms with Gasteiger partial charge >= 0.3 is 0 Å². The number of carbonyl (C=O) groups excluding carboxylic acids is 2. The van der Waals surface area contributed by atoms with E-state index in [0.717, 1.165) is 12.8 Å². The molecule has 0 bridgehead atoms. The predicted octanol–water partition coefficient (Wildman–Crippen LogP) is 3.61. The molecule has 7 heteroatoms. The average Bonchev–Trinajstić information content (AvgIpc) is 2.99. The minimum atomic E-state index is -0.483. The van der Waals surface area contributed by atoms with Crippen LogP contribution in [0.15, 0.2) is 60.3 Å². The van der Waals surface area contributed by atoms with Gasteiger partial charge in [-0.2, -0.15) is 0 Å². The van der Waals surface area contributed by atoms with Crippen LogP contribution in [0.1, 0.15) is 25.3 Å². The van der Waals surface area contributed by atoms with Crippen LogP contribution in [-0.2, 0) is 9.59 Å². The number of non-ortho nitro benzene ring substituents is 1. The van der Waals surface area contributed by atoms with Gasteiger partial charge in [-0.25, -0.2) is 4.90 Å². The van der Waals surface area contributed by atoms with Gasteiger partial charge in [0.15, 0.2) is 0 Å². The maximum Gasteiger partial charge on any atom is 0.282 e. The molecule has 0 radical (unpaired) electrons. The standard InChI is InChI=1S/C22H21N3O4/c1-15-6-5-13-23(14-15)20-19(16-9-11-18(12-10-16)25(28)29)21(26)24(22(20)27)17-7-3-2-4-8-17/h2-4,7-12,15H,5-6,13-14H2,1H3. The summed E-state index contributed by atoms with van der Waals surface area (Å²) in [5.41, 5.74) is 1.67. The van der Waals surface area contributed by atoms with Crippen LogP contribution in [0, 0.1) is 16.0 Å². The van der Waals surface area contributed by atoms with Crippen LogP contribution in [0.4, 0.5) is 11.4 Å². The number of rotatable bonds is 4. The summed E-state index contributed by atoms with van der Waals surface area (Å²) >= 11 is 0.